The van der Waals surface area contributed by atoms with Gasteiger partial charge in [0.05, 0.1) is 33.8 Å². The predicted octanol–water partition coefficient (Wildman–Crippen LogP) is 4.74. The number of halogens is 3. The van der Waals surface area contributed by atoms with Crippen molar-refractivity contribution in [3.05, 3.63) is 123 Å². The zero-order valence-electron chi connectivity index (χ0n) is 31.1. The van der Waals surface area contributed by atoms with E-state index in [2.05, 4.69) is 40.5 Å². The van der Waals surface area contributed by atoms with E-state index in [4.69, 9.17) is 21.6 Å². The summed E-state index contributed by atoms with van der Waals surface area (Å²) in [6.45, 7) is 0. The van der Waals surface area contributed by atoms with Gasteiger partial charge in [0.25, 0.3) is 11.8 Å². The van der Waals surface area contributed by atoms with E-state index in [1.54, 1.807) is 12.1 Å². The number of hydrogen-bond donors (Lipinski definition) is 6. The molecular formula is C42H36BClF2N8O4. The SMILES string of the molecule is O=C1NC2(CC2)Cc2[nH]c3c(c21)CCc1cnc(-c2cccnc2F)cc1-3.O=C1NC2(CC2)Cc2[nH]c3c(c21)CCc1cnc(Cl)cc1-3.OB(O)c1cccnc1F. The van der Waals surface area contributed by atoms with Gasteiger partial charge in [-0.1, -0.05) is 17.7 Å². The molecule has 2 spiro atoms. The molecule has 2 aliphatic heterocycles. The highest BCUT2D eigenvalue weighted by Gasteiger charge is 2.50. The molecule has 8 heterocycles. The fraction of sp³-hybridized carbons (Fsp3) is 0.286. The van der Waals surface area contributed by atoms with Gasteiger partial charge in [-0.2, -0.15) is 8.78 Å². The van der Waals surface area contributed by atoms with E-state index in [1.165, 1.54) is 30.1 Å². The maximum absolute atomic E-state index is 14.1. The molecule has 6 aromatic rings. The second-order valence-electron chi connectivity index (χ2n) is 16.0. The summed E-state index contributed by atoms with van der Waals surface area (Å²) in [6.07, 6.45) is 15.9. The van der Waals surface area contributed by atoms with Crippen molar-refractivity contribution >= 4 is 36.0 Å². The molecule has 6 aromatic heterocycles. The first-order valence-corrected chi connectivity index (χ1v) is 19.7. The Kier molecular flexibility index (Phi) is 8.62. The number of carbonyl (C=O) groups is 2. The molecule has 292 valence electrons. The molecule has 6 N–H and O–H groups in total. The Hall–Kier alpha value is -5.77. The second-order valence-corrected chi connectivity index (χ2v) is 16.4. The van der Waals surface area contributed by atoms with Crippen LogP contribution in [0, 0.1) is 11.9 Å². The van der Waals surface area contributed by atoms with Crippen LogP contribution in [0.15, 0.2) is 61.2 Å². The largest absolute Gasteiger partial charge is 0.493 e. The van der Waals surface area contributed by atoms with E-state index < -0.39 is 19.0 Å². The van der Waals surface area contributed by atoms with Crippen LogP contribution in [0.4, 0.5) is 8.78 Å². The number of amides is 2. The first-order valence-electron chi connectivity index (χ1n) is 19.3. The summed E-state index contributed by atoms with van der Waals surface area (Å²) in [5.74, 6) is -1.24. The van der Waals surface area contributed by atoms with Crippen molar-refractivity contribution in [2.75, 3.05) is 0 Å². The molecule has 6 aliphatic rings. The third kappa shape index (κ3) is 6.37. The van der Waals surface area contributed by atoms with E-state index in [0.717, 1.165) is 126 Å². The van der Waals surface area contributed by atoms with Crippen molar-refractivity contribution in [2.45, 2.75) is 75.3 Å². The highest BCUT2D eigenvalue weighted by molar-refractivity contribution is 6.58. The van der Waals surface area contributed by atoms with Crippen LogP contribution in [0.25, 0.3) is 33.8 Å². The fourth-order valence-corrected chi connectivity index (χ4v) is 9.04. The van der Waals surface area contributed by atoms with Gasteiger partial charge in [-0.3, -0.25) is 14.6 Å². The van der Waals surface area contributed by atoms with Gasteiger partial charge in [0, 0.05) is 76.7 Å². The predicted molar refractivity (Wildman–Crippen MR) is 211 cm³/mol. The lowest BCUT2D eigenvalue weighted by Gasteiger charge is -2.24. The number of aromatic amines is 2. The van der Waals surface area contributed by atoms with Crippen LogP contribution in [0.1, 0.15) is 80.0 Å². The van der Waals surface area contributed by atoms with Crippen molar-refractivity contribution in [3.8, 4) is 33.8 Å². The van der Waals surface area contributed by atoms with Crippen LogP contribution in [0.2, 0.25) is 5.15 Å². The zero-order valence-corrected chi connectivity index (χ0v) is 31.8. The number of nitrogens with zero attached hydrogens (tertiary/aromatic N) is 4. The van der Waals surface area contributed by atoms with E-state index in [9.17, 15) is 18.4 Å². The molecule has 12 rings (SSSR count). The van der Waals surface area contributed by atoms with Crippen molar-refractivity contribution in [1.82, 2.24) is 40.5 Å². The molecular weight excluding hydrogens is 765 g/mol. The summed E-state index contributed by atoms with van der Waals surface area (Å²) in [4.78, 5) is 47.8. The fourth-order valence-electron chi connectivity index (χ4n) is 8.88. The Labute approximate surface area is 336 Å². The molecule has 0 atom stereocenters. The van der Waals surface area contributed by atoms with E-state index in [0.29, 0.717) is 16.4 Å². The number of carbonyl (C=O) groups excluding carboxylic acids is 2. The van der Waals surface area contributed by atoms with E-state index in [1.807, 2.05) is 24.5 Å². The lowest BCUT2D eigenvalue weighted by Crippen LogP contribution is -2.43. The molecule has 12 nitrogen and oxygen atoms in total. The Morgan fingerprint density at radius 2 is 1.21 bits per heavy atom. The summed E-state index contributed by atoms with van der Waals surface area (Å²) in [7, 11) is -1.78. The van der Waals surface area contributed by atoms with Crippen LogP contribution in [-0.2, 0) is 38.5 Å². The van der Waals surface area contributed by atoms with Gasteiger partial charge in [0.1, 0.15) is 5.15 Å². The summed E-state index contributed by atoms with van der Waals surface area (Å²) in [6, 6.07) is 9.90. The van der Waals surface area contributed by atoms with Gasteiger partial charge in [0.2, 0.25) is 11.9 Å². The number of rotatable bonds is 2. The first kappa shape index (κ1) is 36.6. The quantitative estimate of drug-likeness (QED) is 0.107. The van der Waals surface area contributed by atoms with Gasteiger partial charge in [0.15, 0.2) is 0 Å². The third-order valence-electron chi connectivity index (χ3n) is 12.2. The third-order valence-corrected chi connectivity index (χ3v) is 12.4. The number of nitrogens with one attached hydrogen (secondary N) is 4. The minimum Gasteiger partial charge on any atom is -0.423 e. The number of fused-ring (bicyclic) bond motifs is 10. The summed E-state index contributed by atoms with van der Waals surface area (Å²) < 4.78 is 26.5. The molecule has 0 radical (unpaired) electrons. The molecule has 0 saturated heterocycles. The standard InChI is InChI=1S/C21H17FN4O.C16H14ClN3O.C5H5BFNO2/c22-19-12(2-1-7-23-19)15-8-14-11(10-24-15)3-4-13-17-16(25-18(13)14)9-21(5-6-21)26-20(17)27;17-12-5-10-8(7-18-12)1-2-9-13-11(19-14(9)10)6-16(3-4-16)20-15(13)21;7-5-4(6(9)10)2-1-3-8-5/h1-2,7-8,10,25H,3-6,9H2,(H,26,27);5,7,19H,1-4,6H2,(H,20,21);1-3,9-10H. The normalized spacial score (nSPS) is 17.7. The lowest BCUT2D eigenvalue weighted by atomic mass is 9.81. The lowest BCUT2D eigenvalue weighted by molar-refractivity contribution is 0.0908. The van der Waals surface area contributed by atoms with Crippen LogP contribution in [0.5, 0.6) is 0 Å². The minimum absolute atomic E-state index is 0.0252. The minimum atomic E-state index is -1.78. The number of pyridine rings is 4. The Balaban J connectivity index is 0.000000117. The molecule has 2 amide bonds. The van der Waals surface area contributed by atoms with Crippen LogP contribution >= 0.6 is 11.6 Å². The molecule has 2 saturated carbocycles. The number of aromatic nitrogens is 6. The van der Waals surface area contributed by atoms with Gasteiger partial charge < -0.3 is 30.6 Å². The van der Waals surface area contributed by atoms with Crippen molar-refractivity contribution in [2.24, 2.45) is 0 Å². The Morgan fingerprint density at radius 3 is 1.72 bits per heavy atom. The van der Waals surface area contributed by atoms with E-state index >= 15 is 0 Å². The first-order chi connectivity index (χ1) is 28.0. The number of H-pyrrole nitrogens is 2. The zero-order chi connectivity index (χ0) is 39.9. The van der Waals surface area contributed by atoms with Gasteiger partial charge in [-0.15, -0.1) is 0 Å². The van der Waals surface area contributed by atoms with Crippen LogP contribution in [0.3, 0.4) is 0 Å². The van der Waals surface area contributed by atoms with Crippen LogP contribution < -0.4 is 16.1 Å². The maximum atomic E-state index is 14.1. The average Bonchev–Trinajstić information content (AvgIpc) is 4.05. The maximum Gasteiger partial charge on any atom is 0.493 e. The smallest absolute Gasteiger partial charge is 0.423 e. The average molecular weight is 801 g/mol. The highest BCUT2D eigenvalue weighted by atomic mass is 35.5. The van der Waals surface area contributed by atoms with Gasteiger partial charge in [-0.25, -0.2) is 15.0 Å². The number of aryl methyl sites for hydroxylation is 2. The topological polar surface area (TPSA) is 182 Å². The monoisotopic (exact) mass is 800 g/mol. The van der Waals surface area contributed by atoms with Gasteiger partial charge in [-0.05, 0) is 104 Å². The summed E-state index contributed by atoms with van der Waals surface area (Å²) >= 11 is 6.05. The van der Waals surface area contributed by atoms with Crippen molar-refractivity contribution in [1.29, 1.82) is 0 Å². The molecule has 0 bridgehead atoms. The Morgan fingerprint density at radius 1 is 0.672 bits per heavy atom. The van der Waals surface area contributed by atoms with Gasteiger partial charge >= 0.3 is 7.12 Å². The molecule has 16 heteroatoms. The van der Waals surface area contributed by atoms with Crippen LogP contribution in [-0.4, -0.2) is 70.0 Å². The van der Waals surface area contributed by atoms with E-state index in [-0.39, 0.29) is 28.4 Å². The molecule has 2 fully saturated rings. The second kappa shape index (κ2) is 13.7. The summed E-state index contributed by atoms with van der Waals surface area (Å²) in [5, 5.41) is 23.9. The summed E-state index contributed by atoms with van der Waals surface area (Å²) in [5.41, 5.74) is 13.3. The van der Waals surface area contributed by atoms with Crippen molar-refractivity contribution in [3.63, 3.8) is 0 Å². The highest BCUT2D eigenvalue weighted by Crippen LogP contribution is 2.47. The molecule has 58 heavy (non-hydrogen) atoms. The van der Waals surface area contributed by atoms with Crippen molar-refractivity contribution < 1.29 is 28.4 Å². The molecule has 4 aliphatic carbocycles. The number of hydrogen-bond acceptors (Lipinski definition) is 8. The molecule has 0 aromatic carbocycles. The molecule has 0 unspecified atom stereocenters. The Bertz CT molecular complexity index is 2690.